The molecule has 0 unspecified atom stereocenters. The number of benzene rings is 2. The molecule has 6 nitrogen and oxygen atoms in total. The van der Waals surface area contributed by atoms with E-state index in [0.29, 0.717) is 28.2 Å². The molecule has 1 fully saturated rings. The van der Waals surface area contributed by atoms with E-state index in [1.807, 2.05) is 19.1 Å². The number of fused-ring (bicyclic) bond motifs is 1. The number of hydrogen-bond donors (Lipinski definition) is 1. The Labute approximate surface area is 180 Å². The summed E-state index contributed by atoms with van der Waals surface area (Å²) in [4.78, 5) is 28.0. The lowest BCUT2D eigenvalue weighted by Crippen LogP contribution is -2.39. The van der Waals surface area contributed by atoms with Gasteiger partial charge < -0.3 is 14.6 Å². The van der Waals surface area contributed by atoms with E-state index in [0.717, 1.165) is 43.8 Å². The largest absolute Gasteiger partial charge is 0.379 e. The number of amides is 1. The van der Waals surface area contributed by atoms with Gasteiger partial charge >= 0.3 is 0 Å². The molecule has 0 radical (unpaired) electrons. The normalized spacial score (nSPS) is 14.7. The van der Waals surface area contributed by atoms with Crippen molar-refractivity contribution in [2.45, 2.75) is 13.5 Å². The Morgan fingerprint density at radius 3 is 2.67 bits per heavy atom. The van der Waals surface area contributed by atoms with Gasteiger partial charge in [-0.25, -0.2) is 0 Å². The average molecular weight is 426 g/mol. The van der Waals surface area contributed by atoms with Crippen LogP contribution in [0.25, 0.3) is 10.8 Å². The number of morpholine rings is 1. The van der Waals surface area contributed by atoms with Gasteiger partial charge in [0.25, 0.3) is 11.5 Å². The summed E-state index contributed by atoms with van der Waals surface area (Å²) < 4.78 is 7.10. The van der Waals surface area contributed by atoms with Gasteiger partial charge in [0.2, 0.25) is 0 Å². The highest BCUT2D eigenvalue weighted by atomic mass is 35.5. The molecule has 2 aromatic carbocycles. The highest BCUT2D eigenvalue weighted by molar-refractivity contribution is 6.31. The van der Waals surface area contributed by atoms with E-state index in [1.165, 1.54) is 0 Å². The zero-order valence-corrected chi connectivity index (χ0v) is 17.6. The minimum Gasteiger partial charge on any atom is -0.379 e. The van der Waals surface area contributed by atoms with Crippen LogP contribution in [-0.4, -0.2) is 48.2 Å². The predicted octanol–water partition coefficient (Wildman–Crippen LogP) is 3.55. The maximum absolute atomic E-state index is 13.0. The summed E-state index contributed by atoms with van der Waals surface area (Å²) in [7, 11) is 0. The third-order valence-corrected chi connectivity index (χ3v) is 5.87. The SMILES string of the molecule is Cc1ccc(C(=O)Nc2cccc3c(=O)n(CCN4CCOCC4)ccc23)cc1Cl. The number of aromatic nitrogens is 1. The van der Waals surface area contributed by atoms with Gasteiger partial charge in [-0.1, -0.05) is 23.7 Å². The lowest BCUT2D eigenvalue weighted by atomic mass is 10.1. The highest BCUT2D eigenvalue weighted by Crippen LogP contribution is 2.23. The molecular formula is C23H24ClN3O3. The number of nitrogens with one attached hydrogen (secondary N) is 1. The van der Waals surface area contributed by atoms with Crippen LogP contribution in [0.1, 0.15) is 15.9 Å². The fourth-order valence-electron chi connectivity index (χ4n) is 3.61. The quantitative estimate of drug-likeness (QED) is 0.679. The Morgan fingerprint density at radius 1 is 1.10 bits per heavy atom. The molecule has 0 aliphatic carbocycles. The number of anilines is 1. The summed E-state index contributed by atoms with van der Waals surface area (Å²) in [5.41, 5.74) is 1.93. The summed E-state index contributed by atoms with van der Waals surface area (Å²) in [6.45, 7) is 6.57. The fraction of sp³-hybridized carbons (Fsp3) is 0.304. The first-order chi connectivity index (χ1) is 14.5. The van der Waals surface area contributed by atoms with Crippen LogP contribution in [0.4, 0.5) is 5.69 Å². The second-order valence-corrected chi connectivity index (χ2v) is 7.86. The zero-order valence-electron chi connectivity index (χ0n) is 16.9. The molecule has 1 N–H and O–H groups in total. The molecule has 1 amide bonds. The standard InChI is InChI=1S/C23H24ClN3O3/c1-16-5-6-17(15-20(16)24)22(28)25-21-4-2-3-19-18(21)7-8-27(23(19)29)10-9-26-11-13-30-14-12-26/h2-8,15H,9-14H2,1H3,(H,25,28). The zero-order chi connectivity index (χ0) is 21.1. The molecule has 1 aliphatic rings. The third kappa shape index (κ3) is 4.41. The summed E-state index contributed by atoms with van der Waals surface area (Å²) in [5.74, 6) is -0.263. The Balaban J connectivity index is 1.56. The van der Waals surface area contributed by atoms with Crippen molar-refractivity contribution in [2.75, 3.05) is 38.2 Å². The van der Waals surface area contributed by atoms with Gasteiger partial charge in [0.15, 0.2) is 0 Å². The first-order valence-corrected chi connectivity index (χ1v) is 10.4. The molecule has 1 saturated heterocycles. The maximum atomic E-state index is 13.0. The molecule has 4 rings (SSSR count). The molecule has 2 heterocycles. The van der Waals surface area contributed by atoms with E-state index < -0.39 is 0 Å². The molecule has 1 aliphatic heterocycles. The average Bonchev–Trinajstić information content (AvgIpc) is 2.76. The van der Waals surface area contributed by atoms with E-state index in [2.05, 4.69) is 10.2 Å². The summed E-state index contributed by atoms with van der Waals surface area (Å²) in [6.07, 6.45) is 1.80. The molecular weight excluding hydrogens is 402 g/mol. The van der Waals surface area contributed by atoms with Crippen LogP contribution in [0.3, 0.4) is 0 Å². The van der Waals surface area contributed by atoms with Crippen LogP contribution < -0.4 is 10.9 Å². The smallest absolute Gasteiger partial charge is 0.258 e. The van der Waals surface area contributed by atoms with Crippen molar-refractivity contribution in [3.63, 3.8) is 0 Å². The second kappa shape index (κ2) is 9.00. The van der Waals surface area contributed by atoms with Crippen LogP contribution in [0, 0.1) is 6.92 Å². The first-order valence-electron chi connectivity index (χ1n) is 10.0. The molecule has 0 bridgehead atoms. The van der Waals surface area contributed by atoms with E-state index >= 15 is 0 Å². The number of carbonyl (C=O) groups excluding carboxylic acids is 1. The number of halogens is 1. The first kappa shape index (κ1) is 20.6. The van der Waals surface area contributed by atoms with Crippen LogP contribution >= 0.6 is 11.6 Å². The monoisotopic (exact) mass is 425 g/mol. The van der Waals surface area contributed by atoms with Crippen LogP contribution in [0.2, 0.25) is 5.02 Å². The molecule has 0 atom stereocenters. The molecule has 7 heteroatoms. The van der Waals surface area contributed by atoms with E-state index in [4.69, 9.17) is 16.3 Å². The Morgan fingerprint density at radius 2 is 1.90 bits per heavy atom. The van der Waals surface area contributed by atoms with E-state index in [-0.39, 0.29) is 11.5 Å². The van der Waals surface area contributed by atoms with Crippen molar-refractivity contribution in [3.05, 3.63) is 75.2 Å². The van der Waals surface area contributed by atoms with Crippen LogP contribution in [0.15, 0.2) is 53.5 Å². The van der Waals surface area contributed by atoms with Gasteiger partial charge in [0, 0.05) is 59.4 Å². The number of aryl methyl sites for hydroxylation is 1. The van der Waals surface area contributed by atoms with Gasteiger partial charge in [-0.15, -0.1) is 0 Å². The summed E-state index contributed by atoms with van der Waals surface area (Å²) in [5, 5.41) is 4.76. The fourth-order valence-corrected chi connectivity index (χ4v) is 3.79. The van der Waals surface area contributed by atoms with Crippen LogP contribution in [-0.2, 0) is 11.3 Å². The van der Waals surface area contributed by atoms with Gasteiger partial charge in [0.05, 0.1) is 13.2 Å². The van der Waals surface area contributed by atoms with Gasteiger partial charge in [0.1, 0.15) is 0 Å². The number of pyridine rings is 1. The molecule has 1 aromatic heterocycles. The number of carbonyl (C=O) groups is 1. The molecule has 0 spiro atoms. The summed E-state index contributed by atoms with van der Waals surface area (Å²) >= 11 is 6.15. The highest BCUT2D eigenvalue weighted by Gasteiger charge is 2.13. The molecule has 3 aromatic rings. The molecule has 0 saturated carbocycles. The van der Waals surface area contributed by atoms with Crippen molar-refractivity contribution >= 4 is 34.0 Å². The Hall–Kier alpha value is -2.67. The Kier molecular flexibility index (Phi) is 6.18. The summed E-state index contributed by atoms with van der Waals surface area (Å²) in [6, 6.07) is 12.5. The number of nitrogens with zero attached hydrogens (tertiary/aromatic N) is 2. The minimum absolute atomic E-state index is 0.0600. The van der Waals surface area contributed by atoms with Crippen molar-refractivity contribution < 1.29 is 9.53 Å². The molecule has 156 valence electrons. The van der Waals surface area contributed by atoms with Gasteiger partial charge in [-0.3, -0.25) is 14.5 Å². The lowest BCUT2D eigenvalue weighted by Gasteiger charge is -2.26. The van der Waals surface area contributed by atoms with Crippen LogP contribution in [0.5, 0.6) is 0 Å². The lowest BCUT2D eigenvalue weighted by molar-refractivity contribution is 0.0363. The number of rotatable bonds is 5. The minimum atomic E-state index is -0.263. The van der Waals surface area contributed by atoms with E-state index in [9.17, 15) is 9.59 Å². The van der Waals surface area contributed by atoms with Gasteiger partial charge in [-0.05, 0) is 42.8 Å². The number of hydrogen-bond acceptors (Lipinski definition) is 4. The van der Waals surface area contributed by atoms with Crippen molar-refractivity contribution in [1.29, 1.82) is 0 Å². The predicted molar refractivity (Wildman–Crippen MR) is 120 cm³/mol. The van der Waals surface area contributed by atoms with Crippen molar-refractivity contribution in [1.82, 2.24) is 9.47 Å². The third-order valence-electron chi connectivity index (χ3n) is 5.46. The van der Waals surface area contributed by atoms with Crippen molar-refractivity contribution in [2.24, 2.45) is 0 Å². The Bertz CT molecular complexity index is 1140. The molecule has 30 heavy (non-hydrogen) atoms. The van der Waals surface area contributed by atoms with E-state index in [1.54, 1.807) is 41.1 Å². The second-order valence-electron chi connectivity index (χ2n) is 7.45. The topological polar surface area (TPSA) is 63.6 Å². The maximum Gasteiger partial charge on any atom is 0.258 e. The number of ether oxygens (including phenoxy) is 1. The van der Waals surface area contributed by atoms with Crippen molar-refractivity contribution in [3.8, 4) is 0 Å². The van der Waals surface area contributed by atoms with Gasteiger partial charge in [-0.2, -0.15) is 0 Å².